The van der Waals surface area contributed by atoms with Gasteiger partial charge in [0.25, 0.3) is 30.4 Å². The van der Waals surface area contributed by atoms with E-state index in [1.165, 1.54) is 36.4 Å². The summed E-state index contributed by atoms with van der Waals surface area (Å²) >= 11 is 0.728. The minimum atomic E-state index is -5.34. The lowest BCUT2D eigenvalue weighted by Gasteiger charge is -2.14. The van der Waals surface area contributed by atoms with Crippen LogP contribution in [0.25, 0.3) is 22.9 Å². The van der Waals surface area contributed by atoms with Crippen LogP contribution in [-0.2, 0) is 72.5 Å². The summed E-state index contributed by atoms with van der Waals surface area (Å²) in [6, 6.07) is 16.1. The number of azo groups is 3. The quantitative estimate of drug-likeness (QED) is 0.00394. The summed E-state index contributed by atoms with van der Waals surface area (Å²) in [7, 11) is -20.0. The fourth-order valence-corrected chi connectivity index (χ4v) is 10.8. The van der Waals surface area contributed by atoms with E-state index in [0.717, 1.165) is 42.5 Å². The lowest BCUT2D eigenvalue weighted by atomic mass is 10.1. The second kappa shape index (κ2) is 25.2. The summed E-state index contributed by atoms with van der Waals surface area (Å²) in [6.07, 6.45) is 2.61. The van der Waals surface area contributed by atoms with Crippen molar-refractivity contribution >= 4 is 151 Å². The molecule has 0 aromatic heterocycles. The molecule has 0 aliphatic heterocycles. The van der Waals surface area contributed by atoms with Gasteiger partial charge in [-0.15, -0.1) is 33.5 Å². The molecule has 0 atom stereocenters. The molecule has 0 fully saturated rings. The molecular weight excluding hydrogens is 1160 g/mol. The SMILES string of the molecule is Nc1ccc(/N=N/c2ccc(/C=C/c3ccc(/N=N/c4c(S(=O)(=O)O)cc5cc(SOOO)c(/N=N/c6ccc(S(=O)(=O)CCOSOOO)cc6S(=O)(=O)O)c(N)c5c4O)cc3S(=O)(=O)O)c(SOOO)c2)c(N)c1. The molecule has 0 saturated carbocycles. The molecule has 0 unspecified atom stereocenters. The Hall–Kier alpha value is -6.35. The number of nitrogen functional groups attached to an aromatic ring is 3. The summed E-state index contributed by atoms with van der Waals surface area (Å²) in [5, 5.41) is 70.8. The van der Waals surface area contributed by atoms with Crippen LogP contribution >= 0.6 is 36.4 Å². The first-order valence-electron chi connectivity index (χ1n) is 19.7. The van der Waals surface area contributed by atoms with Gasteiger partial charge in [-0.1, -0.05) is 39.4 Å². The van der Waals surface area contributed by atoms with Gasteiger partial charge in [0, 0.05) is 10.6 Å². The van der Waals surface area contributed by atoms with Crippen LogP contribution in [0.15, 0.2) is 145 Å². The highest BCUT2D eigenvalue weighted by Crippen LogP contribution is 2.50. The maximum atomic E-state index is 12.9. The molecule has 76 heavy (non-hydrogen) atoms. The van der Waals surface area contributed by atoms with Crippen LogP contribution in [0.1, 0.15) is 11.1 Å². The monoisotopic (exact) mass is 1190 g/mol. The number of phenols is 1. The number of rotatable bonds is 24. The van der Waals surface area contributed by atoms with Gasteiger partial charge < -0.3 is 22.3 Å². The number of sulfone groups is 1. The van der Waals surface area contributed by atoms with Gasteiger partial charge in [-0.05, 0) is 89.3 Å². The van der Waals surface area contributed by atoms with E-state index in [1.807, 2.05) is 0 Å². The maximum Gasteiger partial charge on any atom is 0.296 e. The number of anilines is 3. The number of benzene rings is 6. The second-order valence-electron chi connectivity index (χ2n) is 14.4. The topological polar surface area (TPSA) is 495 Å². The summed E-state index contributed by atoms with van der Waals surface area (Å²) in [4.78, 5) is -3.72. The van der Waals surface area contributed by atoms with Crippen LogP contribution < -0.4 is 17.2 Å². The third-order valence-corrected chi connectivity index (χ3v) is 15.6. The minimum Gasteiger partial charge on any atom is -0.505 e. The fraction of sp³-hybridized carbons (Fsp3) is 0.0526. The van der Waals surface area contributed by atoms with Crippen molar-refractivity contribution in [1.29, 1.82) is 0 Å². The Morgan fingerprint density at radius 3 is 1.78 bits per heavy atom. The summed E-state index contributed by atoms with van der Waals surface area (Å²) < 4.78 is 150. The predicted octanol–water partition coefficient (Wildman–Crippen LogP) is 9.08. The van der Waals surface area contributed by atoms with Crippen LogP contribution in [0, 0.1) is 0 Å². The molecule has 6 rings (SSSR count). The number of aromatic hydroxyl groups is 1. The van der Waals surface area contributed by atoms with Crippen LogP contribution in [0.3, 0.4) is 0 Å². The van der Waals surface area contributed by atoms with Crippen molar-refractivity contribution < 1.29 is 101 Å². The van der Waals surface area contributed by atoms with Gasteiger partial charge in [0.1, 0.15) is 37.4 Å². The first kappa shape index (κ1) is 58.9. The summed E-state index contributed by atoms with van der Waals surface area (Å²) in [5.41, 5.74) is 16.2. The van der Waals surface area contributed by atoms with E-state index in [-0.39, 0.29) is 56.5 Å². The number of nitrogens with two attached hydrogens (primary N) is 3. The Bertz CT molecular complexity index is 3780. The zero-order valence-electron chi connectivity index (χ0n) is 37.2. The molecule has 31 nitrogen and oxygen atoms in total. The molecule has 0 heterocycles. The molecule has 0 aliphatic rings. The molecule has 0 radical (unpaired) electrons. The van der Waals surface area contributed by atoms with Crippen LogP contribution in [-0.4, -0.2) is 80.6 Å². The molecule has 6 aromatic carbocycles. The number of phenolic OH excluding ortho intramolecular Hbond substituents is 1. The first-order valence-corrected chi connectivity index (χ1v) is 27.8. The molecule has 0 saturated heterocycles. The van der Waals surface area contributed by atoms with E-state index < -0.39 is 112 Å². The van der Waals surface area contributed by atoms with Gasteiger partial charge in [0.05, 0.1) is 74.4 Å². The van der Waals surface area contributed by atoms with Gasteiger partial charge in [-0.2, -0.15) is 35.5 Å². The first-order chi connectivity index (χ1) is 35.9. The third kappa shape index (κ3) is 15.0. The van der Waals surface area contributed by atoms with Crippen molar-refractivity contribution in [1.82, 2.24) is 0 Å². The van der Waals surface area contributed by atoms with Crippen molar-refractivity contribution in [3.8, 4) is 5.75 Å². The van der Waals surface area contributed by atoms with E-state index in [1.54, 1.807) is 12.1 Å². The Morgan fingerprint density at radius 1 is 0.553 bits per heavy atom. The van der Waals surface area contributed by atoms with Gasteiger partial charge >= 0.3 is 0 Å². The van der Waals surface area contributed by atoms with Crippen molar-refractivity contribution in [3.05, 3.63) is 96.1 Å². The fourth-order valence-electron chi connectivity index (χ4n) is 6.29. The van der Waals surface area contributed by atoms with Gasteiger partial charge in [0.15, 0.2) is 27.9 Å². The van der Waals surface area contributed by atoms with E-state index in [9.17, 15) is 52.4 Å². The third-order valence-electron chi connectivity index (χ3n) is 9.57. The zero-order valence-corrected chi connectivity index (χ0v) is 42.9. The van der Waals surface area contributed by atoms with Crippen LogP contribution in [0.5, 0.6) is 5.75 Å². The van der Waals surface area contributed by atoms with Crippen LogP contribution in [0.4, 0.5) is 51.2 Å². The minimum absolute atomic E-state index is 0.0700. The average Bonchev–Trinajstić information content (AvgIpc) is 3.35. The smallest absolute Gasteiger partial charge is 0.296 e. The maximum absolute atomic E-state index is 12.9. The van der Waals surface area contributed by atoms with Crippen molar-refractivity contribution in [3.63, 3.8) is 0 Å². The van der Waals surface area contributed by atoms with E-state index in [4.69, 9.17) is 37.2 Å². The normalized spacial score (nSPS) is 12.9. The van der Waals surface area contributed by atoms with E-state index in [2.05, 4.69) is 58.8 Å². The summed E-state index contributed by atoms with van der Waals surface area (Å²) in [5.74, 6) is -1.91. The number of fused-ring (bicyclic) bond motifs is 1. The van der Waals surface area contributed by atoms with Gasteiger partial charge in [-0.3, -0.25) is 17.8 Å². The molecule has 0 amide bonds. The molecule has 6 aromatic rings. The Kier molecular flexibility index (Phi) is 19.5. The molecule has 13 N–H and O–H groups in total. The Labute approximate surface area is 440 Å². The lowest BCUT2D eigenvalue weighted by Crippen LogP contribution is -2.12. The number of hydrogen-bond donors (Lipinski definition) is 10. The number of hydrogen-bond acceptors (Lipinski definition) is 31. The molecule has 0 aliphatic carbocycles. The summed E-state index contributed by atoms with van der Waals surface area (Å²) in [6.45, 7) is -0.566. The second-order valence-corrected chi connectivity index (χ2v) is 22.6. The zero-order chi connectivity index (χ0) is 55.6. The Morgan fingerprint density at radius 2 is 1.13 bits per heavy atom. The standard InChI is InChI=1S/C38H33N9O22S7/c39-22-5-9-27(26(40)15-22)44-42-23-6-3-19(29(16-23)70-67-64-49)1-2-20-4-7-24(17-31(20)74(54,55)56)43-47-37-33(76(60,61)62)14-21-13-30(71-68-65-50)36(35(41)34(21)38(37)48)46-45-28-10-8-25(18-32(28)75(57,58)59)73(52,53)12-11-63-72-69-66-51/h1-10,13-18,48-51H,11-12,39-41H2,(H,54,55,56)(H,57,58,59)(H,60,61,62)/b2-1+,44-42+,46-45+,47-43+. The molecule has 0 spiro atoms. The van der Waals surface area contributed by atoms with Crippen molar-refractivity contribution in [2.45, 2.75) is 29.4 Å². The van der Waals surface area contributed by atoms with Crippen molar-refractivity contribution in [2.75, 3.05) is 29.6 Å². The van der Waals surface area contributed by atoms with Gasteiger partial charge in [-0.25, -0.2) is 24.2 Å². The largest absolute Gasteiger partial charge is 0.505 e. The van der Waals surface area contributed by atoms with Crippen molar-refractivity contribution in [2.24, 2.45) is 30.7 Å². The molecule has 404 valence electrons. The highest BCUT2D eigenvalue weighted by atomic mass is 32.2. The average molecular weight is 1190 g/mol. The van der Waals surface area contributed by atoms with E-state index >= 15 is 0 Å². The highest BCUT2D eigenvalue weighted by molar-refractivity contribution is 7.95. The molecule has 0 bridgehead atoms. The Balaban J connectivity index is 1.39. The molecule has 38 heteroatoms. The molecular formula is C38H33N9O22S7. The van der Waals surface area contributed by atoms with E-state index in [0.29, 0.717) is 35.0 Å². The number of nitrogens with zero attached hydrogens (tertiary/aromatic N) is 6. The van der Waals surface area contributed by atoms with Crippen LogP contribution in [0.2, 0.25) is 0 Å². The lowest BCUT2D eigenvalue weighted by molar-refractivity contribution is -0.434. The highest BCUT2D eigenvalue weighted by Gasteiger charge is 2.27. The predicted molar refractivity (Wildman–Crippen MR) is 267 cm³/mol. The van der Waals surface area contributed by atoms with Gasteiger partial charge in [0.2, 0.25) is 0 Å².